The molecule has 0 radical (unpaired) electrons. The highest BCUT2D eigenvalue weighted by Crippen LogP contribution is 2.23. The predicted molar refractivity (Wildman–Crippen MR) is 126 cm³/mol. The molecular weight excluding hydrogens is 420 g/mol. The van der Waals surface area contributed by atoms with Gasteiger partial charge in [-0.1, -0.05) is 70.9 Å². The van der Waals surface area contributed by atoms with Crippen LogP contribution >= 0.6 is 0 Å². The maximum atomic E-state index is 13.3. The molecule has 0 bridgehead atoms. The molecule has 1 aromatic heterocycles. The summed E-state index contributed by atoms with van der Waals surface area (Å²) in [7, 11) is 1.75. The third-order valence-corrected chi connectivity index (χ3v) is 5.49. The fourth-order valence-corrected chi connectivity index (χ4v) is 3.50. The van der Waals surface area contributed by atoms with Gasteiger partial charge >= 0.3 is 0 Å². The number of carbonyl (C=O) groups is 3. The number of imidazole rings is 1. The number of nitrogens with zero attached hydrogens (tertiary/aromatic N) is 3. The lowest BCUT2D eigenvalue weighted by molar-refractivity contribution is -0.182. The summed E-state index contributed by atoms with van der Waals surface area (Å²) in [4.78, 5) is 47.9. The van der Waals surface area contributed by atoms with Crippen LogP contribution in [0.15, 0.2) is 42.7 Å². The van der Waals surface area contributed by atoms with E-state index in [1.54, 1.807) is 24.0 Å². The van der Waals surface area contributed by atoms with Crippen molar-refractivity contribution in [3.05, 3.63) is 54.1 Å². The number of hydrogen-bond acceptors (Lipinski definition) is 5. The largest absolute Gasteiger partial charge is 0.345 e. The first-order valence-electron chi connectivity index (χ1n) is 11.4. The van der Waals surface area contributed by atoms with Gasteiger partial charge in [0.2, 0.25) is 18.1 Å². The number of amides is 2. The van der Waals surface area contributed by atoms with Crippen LogP contribution in [-0.2, 0) is 28.1 Å². The zero-order chi connectivity index (χ0) is 24.4. The number of hydroxylamine groups is 2. The summed E-state index contributed by atoms with van der Waals surface area (Å²) in [6, 6.07) is 8.75. The number of nitrogens with one attached hydrogen (secondary N) is 1. The molecule has 0 unspecified atom stereocenters. The fraction of sp³-hybridized carbons (Fsp3) is 0.520. The molecule has 8 nitrogen and oxygen atoms in total. The van der Waals surface area contributed by atoms with Gasteiger partial charge in [0.25, 0.3) is 0 Å². The molecule has 0 saturated heterocycles. The maximum Gasteiger partial charge on any atom is 0.233 e. The molecule has 2 rings (SSSR count). The molecule has 0 fully saturated rings. The lowest BCUT2D eigenvalue weighted by atomic mass is 9.83. The molecule has 0 spiro atoms. The van der Waals surface area contributed by atoms with Crippen LogP contribution < -0.4 is 5.32 Å². The van der Waals surface area contributed by atoms with Crippen molar-refractivity contribution in [1.29, 1.82) is 0 Å². The lowest BCUT2D eigenvalue weighted by Crippen LogP contribution is -2.52. The van der Waals surface area contributed by atoms with E-state index < -0.39 is 17.4 Å². The van der Waals surface area contributed by atoms with Crippen molar-refractivity contribution in [1.82, 2.24) is 19.9 Å². The molecule has 1 heterocycles. The molecule has 0 aliphatic heterocycles. The van der Waals surface area contributed by atoms with E-state index in [1.165, 1.54) is 5.06 Å². The van der Waals surface area contributed by atoms with Crippen molar-refractivity contribution in [3.63, 3.8) is 0 Å². The molecule has 1 N–H and O–H groups in total. The van der Waals surface area contributed by atoms with Gasteiger partial charge in [-0.2, -0.15) is 0 Å². The first kappa shape index (κ1) is 26.3. The zero-order valence-electron chi connectivity index (χ0n) is 20.3. The normalized spacial score (nSPS) is 13.2. The predicted octanol–water partition coefficient (Wildman–Crippen LogP) is 3.53. The topological polar surface area (TPSA) is 93.5 Å². The van der Waals surface area contributed by atoms with Gasteiger partial charge in [0.1, 0.15) is 12.6 Å². The number of aryl methyl sites for hydroxylation is 1. The highest BCUT2D eigenvalue weighted by molar-refractivity contribution is 6.00. The van der Waals surface area contributed by atoms with E-state index in [2.05, 4.69) is 10.3 Å². The van der Waals surface area contributed by atoms with Gasteiger partial charge in [-0.25, -0.2) is 10.0 Å². The number of hydrogen-bond donors (Lipinski definition) is 1. The van der Waals surface area contributed by atoms with E-state index in [0.29, 0.717) is 18.7 Å². The van der Waals surface area contributed by atoms with Crippen LogP contribution in [0.2, 0.25) is 0 Å². The Morgan fingerprint density at radius 3 is 2.48 bits per heavy atom. The fourth-order valence-electron chi connectivity index (χ4n) is 3.50. The highest BCUT2D eigenvalue weighted by Gasteiger charge is 2.36. The van der Waals surface area contributed by atoms with Crippen molar-refractivity contribution in [2.24, 2.45) is 18.4 Å². The van der Waals surface area contributed by atoms with Crippen LogP contribution in [0.3, 0.4) is 0 Å². The van der Waals surface area contributed by atoms with E-state index in [0.717, 1.165) is 18.4 Å². The van der Waals surface area contributed by atoms with Crippen molar-refractivity contribution < 1.29 is 19.2 Å². The summed E-state index contributed by atoms with van der Waals surface area (Å²) >= 11 is 0. The SMILES string of the molecule is CCCC[C@H](CN(C=O)OCc1ccccc1)C(=O)N[C@H](C(=O)c1nccn1C)C(C)(C)C. The third-order valence-electron chi connectivity index (χ3n) is 5.49. The minimum absolute atomic E-state index is 0.107. The van der Waals surface area contributed by atoms with Gasteiger partial charge in [-0.3, -0.25) is 19.2 Å². The minimum atomic E-state index is -0.759. The summed E-state index contributed by atoms with van der Waals surface area (Å²) in [5.41, 5.74) is 0.398. The molecule has 0 saturated carbocycles. The van der Waals surface area contributed by atoms with Gasteiger partial charge in [0.15, 0.2) is 5.82 Å². The molecule has 1 aromatic carbocycles. The van der Waals surface area contributed by atoms with Gasteiger partial charge in [0.05, 0.1) is 12.5 Å². The molecular formula is C25H36N4O4. The Balaban J connectivity index is 2.13. The van der Waals surface area contributed by atoms with Gasteiger partial charge in [0, 0.05) is 19.4 Å². The first-order valence-corrected chi connectivity index (χ1v) is 11.4. The molecule has 2 amide bonds. The van der Waals surface area contributed by atoms with Crippen LogP contribution in [0.5, 0.6) is 0 Å². The highest BCUT2D eigenvalue weighted by atomic mass is 16.7. The Bertz CT molecular complexity index is 905. The summed E-state index contributed by atoms with van der Waals surface area (Å²) < 4.78 is 1.65. The Labute approximate surface area is 196 Å². The average molecular weight is 457 g/mol. The van der Waals surface area contributed by atoms with Crippen molar-refractivity contribution >= 4 is 18.1 Å². The van der Waals surface area contributed by atoms with Crippen LogP contribution in [-0.4, -0.2) is 45.3 Å². The number of Topliss-reactive ketones (excluding diaryl/α,β-unsaturated/α-hetero) is 1. The number of unbranched alkanes of at least 4 members (excludes halogenated alkanes) is 1. The lowest BCUT2D eigenvalue weighted by Gasteiger charge is -2.32. The second-order valence-corrected chi connectivity index (χ2v) is 9.34. The number of aromatic nitrogens is 2. The number of rotatable bonds is 13. The Morgan fingerprint density at radius 1 is 1.24 bits per heavy atom. The molecule has 0 aliphatic carbocycles. The smallest absolute Gasteiger partial charge is 0.233 e. The van der Waals surface area contributed by atoms with E-state index in [1.807, 2.05) is 58.0 Å². The summed E-state index contributed by atoms with van der Waals surface area (Å²) in [6.07, 6.45) is 6.15. The van der Waals surface area contributed by atoms with Gasteiger partial charge in [-0.15, -0.1) is 0 Å². The second-order valence-electron chi connectivity index (χ2n) is 9.34. The Morgan fingerprint density at radius 2 is 1.94 bits per heavy atom. The summed E-state index contributed by atoms with van der Waals surface area (Å²) in [5.74, 6) is -0.739. The quantitative estimate of drug-likeness (QED) is 0.283. The van der Waals surface area contributed by atoms with Gasteiger partial charge < -0.3 is 9.88 Å². The number of carbonyl (C=O) groups excluding carboxylic acids is 3. The summed E-state index contributed by atoms with van der Waals surface area (Å²) in [6.45, 7) is 8.09. The van der Waals surface area contributed by atoms with Crippen molar-refractivity contribution in [2.75, 3.05) is 6.54 Å². The van der Waals surface area contributed by atoms with E-state index in [4.69, 9.17) is 4.84 Å². The maximum absolute atomic E-state index is 13.3. The average Bonchev–Trinajstić information content (AvgIpc) is 3.22. The van der Waals surface area contributed by atoms with Crippen molar-refractivity contribution in [2.45, 2.75) is 59.6 Å². The van der Waals surface area contributed by atoms with Crippen molar-refractivity contribution in [3.8, 4) is 0 Å². The molecule has 0 aliphatic rings. The number of ketones is 1. The minimum Gasteiger partial charge on any atom is -0.345 e. The molecule has 2 aromatic rings. The number of benzene rings is 1. The Kier molecular flexibility index (Phi) is 9.78. The molecule has 2 atom stereocenters. The zero-order valence-corrected chi connectivity index (χ0v) is 20.3. The van der Waals surface area contributed by atoms with E-state index in [-0.39, 0.29) is 24.8 Å². The Hall–Kier alpha value is -3.00. The second kappa shape index (κ2) is 12.3. The van der Waals surface area contributed by atoms with E-state index >= 15 is 0 Å². The van der Waals surface area contributed by atoms with Crippen LogP contribution in [0.1, 0.15) is 63.1 Å². The first-order chi connectivity index (χ1) is 15.7. The van der Waals surface area contributed by atoms with Crippen LogP contribution in [0.4, 0.5) is 0 Å². The summed E-state index contributed by atoms with van der Waals surface area (Å²) in [5, 5.41) is 4.11. The molecule has 8 heteroatoms. The monoisotopic (exact) mass is 456 g/mol. The standard InChI is InChI=1S/C25H36N4O4/c1-6-7-13-20(16-29(18-30)33-17-19-11-9-8-10-12-19)24(32)27-22(25(2,3)4)21(31)23-26-14-15-28(23)5/h8-12,14-15,18,20,22H,6-7,13,16-17H2,1-5H3,(H,27,32)/t20-,22-/m1/s1. The third kappa shape index (κ3) is 7.82. The van der Waals surface area contributed by atoms with Crippen LogP contribution in [0.25, 0.3) is 0 Å². The van der Waals surface area contributed by atoms with Gasteiger partial charge in [-0.05, 0) is 17.4 Å². The van der Waals surface area contributed by atoms with E-state index in [9.17, 15) is 14.4 Å². The van der Waals surface area contributed by atoms with Crippen LogP contribution in [0, 0.1) is 11.3 Å². The molecule has 33 heavy (non-hydrogen) atoms. The molecule has 180 valence electrons.